The quantitative estimate of drug-likeness (QED) is 0.613. The van der Waals surface area contributed by atoms with Gasteiger partial charge in [-0.2, -0.15) is 5.26 Å². The minimum absolute atomic E-state index is 0.0419. The summed E-state index contributed by atoms with van der Waals surface area (Å²) in [4.78, 5) is 12.2. The van der Waals surface area contributed by atoms with Gasteiger partial charge in [-0.05, 0) is 30.3 Å². The molecule has 122 valence electrons. The van der Waals surface area contributed by atoms with Crippen LogP contribution >= 0.6 is 15.9 Å². The number of carbonyl (C=O) groups is 1. The fourth-order valence-corrected chi connectivity index (χ4v) is 2.37. The number of carbonyl (C=O) groups excluding carboxylic acids is 1. The Morgan fingerprint density at radius 2 is 2.12 bits per heavy atom. The summed E-state index contributed by atoms with van der Waals surface area (Å²) >= 11 is 3.25. The second-order valence-corrected chi connectivity index (χ2v) is 5.57. The Hall–Kier alpha value is -2.85. The molecule has 0 aliphatic rings. The van der Waals surface area contributed by atoms with Gasteiger partial charge in [0.25, 0.3) is 5.91 Å². The van der Waals surface area contributed by atoms with Gasteiger partial charge in [-0.3, -0.25) is 4.79 Å². The summed E-state index contributed by atoms with van der Waals surface area (Å²) < 4.78 is 19.2. The molecule has 1 amide bonds. The average molecular weight is 391 g/mol. The predicted octanol–water partition coefficient (Wildman–Crippen LogP) is 3.85. The third kappa shape index (κ3) is 3.91. The number of nitriles is 1. The van der Waals surface area contributed by atoms with Gasteiger partial charge in [0, 0.05) is 10.0 Å². The van der Waals surface area contributed by atoms with E-state index in [0.717, 1.165) is 0 Å². The van der Waals surface area contributed by atoms with Crippen molar-refractivity contribution in [2.45, 2.75) is 0 Å². The molecule has 2 rings (SSSR count). The smallest absolute Gasteiger partial charge is 0.266 e. The second kappa shape index (κ2) is 7.62. The zero-order valence-electron chi connectivity index (χ0n) is 12.5. The van der Waals surface area contributed by atoms with E-state index >= 15 is 0 Å². The lowest BCUT2D eigenvalue weighted by atomic mass is 10.1. The third-order valence-electron chi connectivity index (χ3n) is 3.08. The normalized spacial score (nSPS) is 10.8. The largest absolute Gasteiger partial charge is 0.504 e. The third-order valence-corrected chi connectivity index (χ3v) is 3.53. The van der Waals surface area contributed by atoms with E-state index in [1.54, 1.807) is 12.1 Å². The van der Waals surface area contributed by atoms with E-state index in [0.29, 0.717) is 4.47 Å². The molecule has 0 spiro atoms. The first kappa shape index (κ1) is 17.5. The maximum atomic E-state index is 13.6. The van der Waals surface area contributed by atoms with Crippen molar-refractivity contribution in [2.75, 3.05) is 12.4 Å². The van der Waals surface area contributed by atoms with Gasteiger partial charge >= 0.3 is 0 Å². The maximum Gasteiger partial charge on any atom is 0.266 e. The van der Waals surface area contributed by atoms with E-state index in [1.807, 2.05) is 0 Å². The lowest BCUT2D eigenvalue weighted by Crippen LogP contribution is -2.14. The lowest BCUT2D eigenvalue weighted by Gasteiger charge is -2.08. The van der Waals surface area contributed by atoms with Crippen LogP contribution in [0.2, 0.25) is 0 Å². The van der Waals surface area contributed by atoms with Crippen LogP contribution in [0.3, 0.4) is 0 Å². The summed E-state index contributed by atoms with van der Waals surface area (Å²) in [6.07, 6.45) is 1.19. The van der Waals surface area contributed by atoms with Gasteiger partial charge in [0.15, 0.2) is 11.5 Å². The molecule has 0 heterocycles. The zero-order chi connectivity index (χ0) is 17.7. The van der Waals surface area contributed by atoms with Crippen LogP contribution in [0.15, 0.2) is 46.4 Å². The molecule has 0 saturated heterocycles. The van der Waals surface area contributed by atoms with Gasteiger partial charge in [0.2, 0.25) is 0 Å². The molecule has 0 atom stereocenters. The summed E-state index contributed by atoms with van der Waals surface area (Å²) in [5.41, 5.74) is -0.130. The Morgan fingerprint density at radius 3 is 2.75 bits per heavy atom. The lowest BCUT2D eigenvalue weighted by molar-refractivity contribution is -0.112. The van der Waals surface area contributed by atoms with Crippen LogP contribution < -0.4 is 10.1 Å². The zero-order valence-corrected chi connectivity index (χ0v) is 14.1. The number of anilines is 1. The molecule has 0 fully saturated rings. The van der Waals surface area contributed by atoms with E-state index in [4.69, 9.17) is 4.74 Å². The number of hydrogen-bond donors (Lipinski definition) is 2. The minimum atomic E-state index is -0.791. The molecule has 0 aliphatic carbocycles. The number of aromatic hydroxyl groups is 1. The van der Waals surface area contributed by atoms with E-state index in [1.165, 1.54) is 43.5 Å². The first-order valence-electron chi connectivity index (χ1n) is 6.70. The van der Waals surface area contributed by atoms with Crippen molar-refractivity contribution in [2.24, 2.45) is 0 Å². The van der Waals surface area contributed by atoms with E-state index in [-0.39, 0.29) is 28.3 Å². The maximum absolute atomic E-state index is 13.6. The molecule has 0 aliphatic heterocycles. The average Bonchev–Trinajstić information content (AvgIpc) is 2.57. The summed E-state index contributed by atoms with van der Waals surface area (Å²) in [6.45, 7) is 0. The molecule has 2 aromatic carbocycles. The molecule has 0 unspecified atom stereocenters. The SMILES string of the molecule is COc1cc(Br)cc(/C=C(/C#N)C(=O)Nc2ccccc2F)c1O. The van der Waals surface area contributed by atoms with Crippen molar-refractivity contribution in [1.29, 1.82) is 5.26 Å². The predicted molar refractivity (Wildman–Crippen MR) is 91.0 cm³/mol. The van der Waals surface area contributed by atoms with Gasteiger partial charge in [-0.15, -0.1) is 0 Å². The molecule has 0 bridgehead atoms. The van der Waals surface area contributed by atoms with Gasteiger partial charge in [0.1, 0.15) is 17.5 Å². The number of amides is 1. The van der Waals surface area contributed by atoms with Crippen LogP contribution in [-0.2, 0) is 4.79 Å². The summed E-state index contributed by atoms with van der Waals surface area (Å²) in [5.74, 6) is -1.44. The molecule has 0 radical (unpaired) electrons. The number of nitrogens with zero attached hydrogens (tertiary/aromatic N) is 1. The fourth-order valence-electron chi connectivity index (χ4n) is 1.92. The number of benzene rings is 2. The first-order valence-corrected chi connectivity index (χ1v) is 7.49. The highest BCUT2D eigenvalue weighted by Crippen LogP contribution is 2.34. The van der Waals surface area contributed by atoms with E-state index < -0.39 is 11.7 Å². The number of hydrogen-bond acceptors (Lipinski definition) is 4. The Morgan fingerprint density at radius 1 is 1.42 bits per heavy atom. The molecule has 0 saturated carbocycles. The van der Waals surface area contributed by atoms with Gasteiger partial charge in [-0.1, -0.05) is 28.1 Å². The highest BCUT2D eigenvalue weighted by atomic mass is 79.9. The monoisotopic (exact) mass is 390 g/mol. The van der Waals surface area contributed by atoms with Crippen molar-refractivity contribution in [1.82, 2.24) is 0 Å². The van der Waals surface area contributed by atoms with Crippen molar-refractivity contribution < 1.29 is 19.0 Å². The summed E-state index contributed by atoms with van der Waals surface area (Å²) in [6, 6.07) is 10.4. The van der Waals surface area contributed by atoms with Crippen LogP contribution in [0.25, 0.3) is 6.08 Å². The topological polar surface area (TPSA) is 82.3 Å². The number of halogens is 2. The number of rotatable bonds is 4. The minimum Gasteiger partial charge on any atom is -0.504 e. The number of phenols is 1. The van der Waals surface area contributed by atoms with Crippen LogP contribution in [0.5, 0.6) is 11.5 Å². The molecule has 7 heteroatoms. The summed E-state index contributed by atoms with van der Waals surface area (Å²) in [5, 5.41) is 21.6. The van der Waals surface area contributed by atoms with Crippen LogP contribution in [0.1, 0.15) is 5.56 Å². The van der Waals surface area contributed by atoms with Gasteiger partial charge in [0.05, 0.1) is 12.8 Å². The molecular formula is C17H12BrFN2O3. The Kier molecular flexibility index (Phi) is 5.55. The fraction of sp³-hybridized carbons (Fsp3) is 0.0588. The highest BCUT2D eigenvalue weighted by Gasteiger charge is 2.14. The van der Waals surface area contributed by atoms with Gasteiger partial charge < -0.3 is 15.2 Å². The van der Waals surface area contributed by atoms with Crippen molar-refractivity contribution >= 4 is 33.6 Å². The Balaban J connectivity index is 2.37. The second-order valence-electron chi connectivity index (χ2n) is 4.65. The Bertz CT molecular complexity index is 859. The number of ether oxygens (including phenoxy) is 1. The number of phenolic OH excluding ortho intramolecular Hbond substituents is 1. The van der Waals surface area contributed by atoms with Crippen LogP contribution in [0, 0.1) is 17.1 Å². The summed E-state index contributed by atoms with van der Waals surface area (Å²) in [7, 11) is 1.38. The van der Waals surface area contributed by atoms with Crippen molar-refractivity contribution in [3.05, 3.63) is 57.8 Å². The molecule has 24 heavy (non-hydrogen) atoms. The number of nitrogens with one attached hydrogen (secondary N) is 1. The van der Waals surface area contributed by atoms with Crippen molar-refractivity contribution in [3.63, 3.8) is 0 Å². The Labute approximate surface area is 146 Å². The number of para-hydroxylation sites is 1. The molecule has 2 N–H and O–H groups in total. The van der Waals surface area contributed by atoms with E-state index in [9.17, 15) is 19.6 Å². The van der Waals surface area contributed by atoms with Crippen LogP contribution in [0.4, 0.5) is 10.1 Å². The standard InChI is InChI=1S/C17H12BrFN2O3/c1-24-15-8-12(18)7-10(16(15)22)6-11(9-20)17(23)21-14-5-3-2-4-13(14)19/h2-8,22H,1H3,(H,21,23)/b11-6-. The van der Waals surface area contributed by atoms with Crippen molar-refractivity contribution in [3.8, 4) is 17.6 Å². The molecular weight excluding hydrogens is 379 g/mol. The first-order chi connectivity index (χ1) is 11.5. The molecule has 2 aromatic rings. The van der Waals surface area contributed by atoms with E-state index in [2.05, 4.69) is 21.2 Å². The van der Waals surface area contributed by atoms with Gasteiger partial charge in [-0.25, -0.2) is 4.39 Å². The highest BCUT2D eigenvalue weighted by molar-refractivity contribution is 9.10. The molecule has 5 nitrogen and oxygen atoms in total. The van der Waals surface area contributed by atoms with Crippen LogP contribution in [-0.4, -0.2) is 18.1 Å². The number of methoxy groups -OCH3 is 1. The molecule has 0 aromatic heterocycles.